The maximum Gasteiger partial charge on any atom is 0.123 e. The lowest BCUT2D eigenvalue weighted by Gasteiger charge is -2.36. The first-order valence-corrected chi connectivity index (χ1v) is 19.4. The van der Waals surface area contributed by atoms with Crippen LogP contribution in [0.15, 0.2) is 101 Å². The van der Waals surface area contributed by atoms with E-state index in [1.165, 1.54) is 70.7 Å². The van der Waals surface area contributed by atoms with Gasteiger partial charge < -0.3 is 9.47 Å². The molecule has 264 valence electrons. The zero-order valence-electron chi connectivity index (χ0n) is 31.8. The quantitative estimate of drug-likeness (QED) is 0.143. The highest BCUT2D eigenvalue weighted by atomic mass is 15.2. The van der Waals surface area contributed by atoms with Gasteiger partial charge in [-0.3, -0.25) is 9.98 Å². The summed E-state index contributed by atoms with van der Waals surface area (Å²) in [6.07, 6.45) is 27.4. The van der Waals surface area contributed by atoms with E-state index in [0.29, 0.717) is 17.9 Å². The van der Waals surface area contributed by atoms with Crippen LogP contribution in [0.4, 0.5) is 17.1 Å². The number of anilines is 2. The summed E-state index contributed by atoms with van der Waals surface area (Å²) in [5.74, 6) is 3.98. The van der Waals surface area contributed by atoms with Crippen LogP contribution in [0.5, 0.6) is 0 Å². The molecule has 0 radical (unpaired) electrons. The maximum absolute atomic E-state index is 6.13. The molecular weight excluding hydrogens is 633 g/mol. The minimum Gasteiger partial charge on any atom is -0.336 e. The number of nitrogens with zero attached hydrogens (tertiary/aromatic N) is 4. The molecule has 1 aliphatic heterocycles. The first-order valence-electron chi connectivity index (χ1n) is 19.4. The van der Waals surface area contributed by atoms with Crippen molar-refractivity contribution in [2.24, 2.45) is 10.9 Å². The van der Waals surface area contributed by atoms with E-state index in [0.717, 1.165) is 41.9 Å². The lowest BCUT2D eigenvalue weighted by molar-refractivity contribution is 0.398. The van der Waals surface area contributed by atoms with Gasteiger partial charge in [-0.05, 0) is 98.4 Å². The van der Waals surface area contributed by atoms with Crippen LogP contribution < -0.4 is 4.90 Å². The Morgan fingerprint density at radius 3 is 2.12 bits per heavy atom. The Morgan fingerprint density at radius 1 is 0.865 bits per heavy atom. The summed E-state index contributed by atoms with van der Waals surface area (Å²) in [7, 11) is 0. The number of pyridine rings is 1. The summed E-state index contributed by atoms with van der Waals surface area (Å²) in [5, 5.41) is 0. The molecule has 2 aromatic heterocycles. The van der Waals surface area contributed by atoms with Crippen molar-refractivity contribution in [2.45, 2.75) is 109 Å². The van der Waals surface area contributed by atoms with Crippen molar-refractivity contribution in [1.29, 1.82) is 0 Å². The molecule has 3 atom stereocenters. The van der Waals surface area contributed by atoms with Gasteiger partial charge in [0.1, 0.15) is 11.4 Å². The summed E-state index contributed by atoms with van der Waals surface area (Å²) in [6.45, 7) is 13.7. The second kappa shape index (κ2) is 13.3. The fourth-order valence-corrected chi connectivity index (χ4v) is 9.58. The second-order valence-electron chi connectivity index (χ2n) is 16.4. The molecule has 3 aliphatic carbocycles. The van der Waals surface area contributed by atoms with Gasteiger partial charge in [-0.15, -0.1) is 6.42 Å². The Labute approximate surface area is 311 Å². The number of hydrogen-bond donors (Lipinski definition) is 0. The van der Waals surface area contributed by atoms with Gasteiger partial charge in [-0.25, -0.2) is 0 Å². The van der Waals surface area contributed by atoms with E-state index in [-0.39, 0.29) is 10.8 Å². The van der Waals surface area contributed by atoms with Crippen LogP contribution in [-0.2, 0) is 17.3 Å². The average molecular weight is 685 g/mol. The van der Waals surface area contributed by atoms with Gasteiger partial charge in [0, 0.05) is 57.8 Å². The number of hydrogen-bond acceptors (Lipinski definition) is 3. The number of rotatable bonds is 7. The minimum absolute atomic E-state index is 0.0534. The fourth-order valence-electron chi connectivity index (χ4n) is 9.58. The smallest absolute Gasteiger partial charge is 0.123 e. The third-order valence-electron chi connectivity index (χ3n) is 12.7. The molecule has 2 aromatic carbocycles. The Morgan fingerprint density at radius 2 is 1.50 bits per heavy atom. The number of terminal acetylenes is 1. The van der Waals surface area contributed by atoms with E-state index in [9.17, 15) is 0 Å². The molecule has 3 heterocycles. The van der Waals surface area contributed by atoms with Gasteiger partial charge in [0.25, 0.3) is 0 Å². The fraction of sp³-hybridized carbons (Fsp3) is 0.375. The van der Waals surface area contributed by atoms with Crippen LogP contribution >= 0.6 is 0 Å². The van der Waals surface area contributed by atoms with Crippen molar-refractivity contribution >= 4 is 29.4 Å². The molecule has 0 spiro atoms. The molecule has 0 N–H and O–H groups in total. The van der Waals surface area contributed by atoms with Gasteiger partial charge in [-0.2, -0.15) is 0 Å². The Hall–Kier alpha value is -4.88. The van der Waals surface area contributed by atoms with Crippen LogP contribution in [0.25, 0.3) is 11.8 Å². The van der Waals surface area contributed by atoms with Crippen molar-refractivity contribution < 1.29 is 0 Å². The van der Waals surface area contributed by atoms with Gasteiger partial charge in [0.2, 0.25) is 0 Å². The summed E-state index contributed by atoms with van der Waals surface area (Å²) in [5.41, 5.74) is 14.6. The molecule has 1 fully saturated rings. The third-order valence-corrected chi connectivity index (χ3v) is 12.7. The highest BCUT2D eigenvalue weighted by molar-refractivity contribution is 5.79. The van der Waals surface area contributed by atoms with E-state index in [4.69, 9.17) is 16.4 Å². The van der Waals surface area contributed by atoms with Crippen molar-refractivity contribution in [2.75, 3.05) is 4.90 Å². The second-order valence-corrected chi connectivity index (χ2v) is 16.4. The van der Waals surface area contributed by atoms with E-state index in [1.54, 1.807) is 0 Å². The lowest BCUT2D eigenvalue weighted by Crippen LogP contribution is -2.32. The highest BCUT2D eigenvalue weighted by Crippen LogP contribution is 2.50. The minimum atomic E-state index is -0.0931. The van der Waals surface area contributed by atoms with E-state index >= 15 is 0 Å². The third kappa shape index (κ3) is 5.61. The largest absolute Gasteiger partial charge is 0.336 e. The standard InChI is InChI=1S/C48H52N4/c1-8-41-45(49-9-2)40-29-16-32(3)31-44(40)51(41)37-25-21-35(22-26-37)47(4,5)33-17-19-34(20-18-33)48(6,7)36-23-27-38(28-24-36)52-42-14-11-10-13-39(42)46-43(52)15-12-30-50-46/h1,9,12,15-17,19,21-30,32,39,42H,10-11,13-14,18,20,31H2,2-7H3. The molecule has 4 heteroatoms. The number of aromatic nitrogens is 2. The summed E-state index contributed by atoms with van der Waals surface area (Å²) in [6, 6.07) is 23.4. The molecular formula is C48H52N4. The zero-order chi connectivity index (χ0) is 36.2. The summed E-state index contributed by atoms with van der Waals surface area (Å²) in [4.78, 5) is 12.2. The summed E-state index contributed by atoms with van der Waals surface area (Å²) < 4.78 is 2.26. The van der Waals surface area contributed by atoms with Gasteiger partial charge >= 0.3 is 0 Å². The lowest BCUT2D eigenvalue weighted by atomic mass is 9.69. The topological polar surface area (TPSA) is 33.4 Å². The van der Waals surface area contributed by atoms with Crippen molar-refractivity contribution in [3.8, 4) is 18.0 Å². The van der Waals surface area contributed by atoms with Crippen LogP contribution in [0.3, 0.4) is 0 Å². The number of aliphatic imine (C=N–C) groups is 1. The predicted octanol–water partition coefficient (Wildman–Crippen LogP) is 11.9. The average Bonchev–Trinajstić information content (AvgIpc) is 3.67. The first-order chi connectivity index (χ1) is 25.1. The van der Waals surface area contributed by atoms with Crippen LogP contribution in [0.2, 0.25) is 0 Å². The predicted molar refractivity (Wildman–Crippen MR) is 219 cm³/mol. The Bertz CT molecular complexity index is 2160. The van der Waals surface area contributed by atoms with E-state index < -0.39 is 0 Å². The van der Waals surface area contributed by atoms with Crippen LogP contribution in [-0.4, -0.2) is 21.8 Å². The van der Waals surface area contributed by atoms with Gasteiger partial charge in [0.15, 0.2) is 0 Å². The Kier molecular flexibility index (Phi) is 8.73. The van der Waals surface area contributed by atoms with Crippen LogP contribution in [0, 0.1) is 18.3 Å². The Balaban J connectivity index is 1.03. The molecule has 4 nitrogen and oxygen atoms in total. The zero-order valence-corrected chi connectivity index (χ0v) is 31.8. The van der Waals surface area contributed by atoms with E-state index in [1.807, 2.05) is 19.3 Å². The normalized spacial score (nSPS) is 21.3. The van der Waals surface area contributed by atoms with Gasteiger partial charge in [0.05, 0.1) is 11.4 Å². The SMILES string of the molecule is C#Cc1c(N=CC)c2c(n1-c1ccc(C(C)(C)C3=CC=C(C(C)(C)c4ccc(N5c6cccnc6C6CCCCC65)cc4)CC3)cc1)CC(C)C=C2. The first kappa shape index (κ1) is 34.2. The molecule has 0 bridgehead atoms. The molecule has 4 aliphatic rings. The molecule has 0 saturated heterocycles. The molecule has 4 aromatic rings. The summed E-state index contributed by atoms with van der Waals surface area (Å²) >= 11 is 0. The van der Waals surface area contributed by atoms with Crippen molar-refractivity contribution in [3.63, 3.8) is 0 Å². The monoisotopic (exact) mass is 684 g/mol. The van der Waals surface area contributed by atoms with E-state index in [2.05, 4.69) is 135 Å². The highest BCUT2D eigenvalue weighted by Gasteiger charge is 2.41. The molecule has 0 amide bonds. The molecule has 1 saturated carbocycles. The molecule has 8 rings (SSSR count). The number of fused-ring (bicyclic) bond motifs is 4. The van der Waals surface area contributed by atoms with Crippen molar-refractivity contribution in [3.05, 3.63) is 130 Å². The van der Waals surface area contributed by atoms with Gasteiger partial charge in [-0.1, -0.05) is 107 Å². The molecule has 52 heavy (non-hydrogen) atoms. The number of allylic oxidation sites excluding steroid dienone is 5. The van der Waals surface area contributed by atoms with Crippen molar-refractivity contribution in [1.82, 2.24) is 9.55 Å². The number of benzene rings is 2. The molecule has 3 unspecified atom stereocenters. The van der Waals surface area contributed by atoms with Crippen LogP contribution in [0.1, 0.15) is 120 Å². The maximum atomic E-state index is 6.13.